The van der Waals surface area contributed by atoms with Gasteiger partial charge in [-0.05, 0) is 40.8 Å². The summed E-state index contributed by atoms with van der Waals surface area (Å²) in [6, 6.07) is 9.54. The molecule has 8 heteroatoms. The zero-order valence-corrected chi connectivity index (χ0v) is 15.5. The zero-order chi connectivity index (χ0) is 18.9. The number of hydrogen-bond donors (Lipinski definition) is 2. The second-order valence-electron chi connectivity index (χ2n) is 7.22. The Labute approximate surface area is 156 Å². The van der Waals surface area contributed by atoms with Crippen molar-refractivity contribution in [3.05, 3.63) is 47.4 Å². The lowest BCUT2D eigenvalue weighted by molar-refractivity contribution is 0.135. The molecule has 3 rings (SSSR count). The fourth-order valence-corrected chi connectivity index (χ4v) is 3.18. The fourth-order valence-electron chi connectivity index (χ4n) is 3.04. The molecule has 7 nitrogen and oxygen atoms in total. The molecule has 1 aliphatic heterocycles. The van der Waals surface area contributed by atoms with E-state index in [1.165, 1.54) is 0 Å². The van der Waals surface area contributed by atoms with E-state index in [9.17, 15) is 9.90 Å². The molecule has 2 heterocycles. The Morgan fingerprint density at radius 3 is 2.50 bits per heavy atom. The van der Waals surface area contributed by atoms with Crippen LogP contribution < -0.4 is 5.32 Å². The van der Waals surface area contributed by atoms with Crippen LogP contribution in [-0.2, 0) is 5.41 Å². The standard InChI is InChI=1S/C18H20ClN5O2/c1-17(2,3)18(10-21-24(11-18)16(25)26)12-4-6-13(7-5-12)22-14-8-9-20-15(19)23-14/h4-10H,11H2,1-3H3,(H,25,26)(H,20,22,23). The van der Waals surface area contributed by atoms with Crippen LogP contribution in [0.4, 0.5) is 16.3 Å². The van der Waals surface area contributed by atoms with Crippen LogP contribution in [0.3, 0.4) is 0 Å². The lowest BCUT2D eigenvalue weighted by Gasteiger charge is -2.40. The van der Waals surface area contributed by atoms with Crippen molar-refractivity contribution in [1.29, 1.82) is 0 Å². The van der Waals surface area contributed by atoms with Crippen LogP contribution in [0.5, 0.6) is 0 Å². The molecule has 0 aliphatic carbocycles. The van der Waals surface area contributed by atoms with Crippen molar-refractivity contribution >= 4 is 35.4 Å². The maximum Gasteiger partial charge on any atom is 0.427 e. The van der Waals surface area contributed by atoms with Crippen LogP contribution in [0.15, 0.2) is 41.6 Å². The van der Waals surface area contributed by atoms with Crippen LogP contribution in [0.25, 0.3) is 0 Å². The number of benzene rings is 1. The van der Waals surface area contributed by atoms with Gasteiger partial charge in [-0.2, -0.15) is 10.1 Å². The van der Waals surface area contributed by atoms with E-state index in [2.05, 4.69) is 41.2 Å². The number of nitrogens with zero attached hydrogens (tertiary/aromatic N) is 4. The summed E-state index contributed by atoms with van der Waals surface area (Å²) in [6.07, 6.45) is 2.27. The van der Waals surface area contributed by atoms with Crippen molar-refractivity contribution in [3.63, 3.8) is 0 Å². The molecule has 1 atom stereocenters. The molecule has 26 heavy (non-hydrogen) atoms. The molecule has 1 unspecified atom stereocenters. The van der Waals surface area contributed by atoms with Crippen LogP contribution in [0.2, 0.25) is 5.28 Å². The van der Waals surface area contributed by atoms with E-state index in [0.717, 1.165) is 16.3 Å². The number of aromatic nitrogens is 2. The fraction of sp³-hybridized carbons (Fsp3) is 0.333. The van der Waals surface area contributed by atoms with Gasteiger partial charge in [-0.1, -0.05) is 32.9 Å². The number of nitrogens with one attached hydrogen (secondary N) is 1. The molecule has 0 radical (unpaired) electrons. The molecule has 136 valence electrons. The van der Waals surface area contributed by atoms with Crippen molar-refractivity contribution in [2.45, 2.75) is 26.2 Å². The summed E-state index contributed by atoms with van der Waals surface area (Å²) < 4.78 is 0. The van der Waals surface area contributed by atoms with E-state index >= 15 is 0 Å². The third kappa shape index (κ3) is 3.35. The maximum atomic E-state index is 11.3. The van der Waals surface area contributed by atoms with Crippen molar-refractivity contribution in [3.8, 4) is 0 Å². The number of carboxylic acid groups (broad SMARTS) is 1. The van der Waals surface area contributed by atoms with Gasteiger partial charge in [0, 0.05) is 18.1 Å². The summed E-state index contributed by atoms with van der Waals surface area (Å²) in [5.74, 6) is 0.600. The number of halogens is 1. The molecular weight excluding hydrogens is 354 g/mol. The highest BCUT2D eigenvalue weighted by Gasteiger charge is 2.47. The second-order valence-corrected chi connectivity index (χ2v) is 7.56. The van der Waals surface area contributed by atoms with E-state index < -0.39 is 11.5 Å². The van der Waals surface area contributed by atoms with Crippen LogP contribution in [-0.4, -0.2) is 38.9 Å². The van der Waals surface area contributed by atoms with Gasteiger partial charge in [-0.3, -0.25) is 0 Å². The first-order valence-electron chi connectivity index (χ1n) is 8.13. The Morgan fingerprint density at radius 2 is 1.96 bits per heavy atom. The summed E-state index contributed by atoms with van der Waals surface area (Å²) in [6.45, 7) is 6.54. The van der Waals surface area contributed by atoms with Gasteiger partial charge < -0.3 is 10.4 Å². The van der Waals surface area contributed by atoms with Crippen molar-refractivity contribution < 1.29 is 9.90 Å². The minimum Gasteiger partial charge on any atom is -0.464 e. The summed E-state index contributed by atoms with van der Waals surface area (Å²) in [4.78, 5) is 19.3. The highest BCUT2D eigenvalue weighted by Crippen LogP contribution is 2.43. The van der Waals surface area contributed by atoms with Crippen LogP contribution in [0, 0.1) is 5.41 Å². The normalized spacial score (nSPS) is 19.6. The molecular formula is C18H20ClN5O2. The average molecular weight is 374 g/mol. The molecule has 1 aliphatic rings. The first kappa shape index (κ1) is 18.1. The topological polar surface area (TPSA) is 90.7 Å². The summed E-state index contributed by atoms with van der Waals surface area (Å²) >= 11 is 5.80. The minimum absolute atomic E-state index is 0.175. The van der Waals surface area contributed by atoms with E-state index in [1.807, 2.05) is 24.3 Å². The molecule has 2 aromatic rings. The van der Waals surface area contributed by atoms with Gasteiger partial charge in [-0.15, -0.1) is 0 Å². The SMILES string of the molecule is CC(C)(C)C1(c2ccc(Nc3ccnc(Cl)n3)cc2)C=NN(C(=O)O)C1. The van der Waals surface area contributed by atoms with Crippen molar-refractivity contribution in [2.75, 3.05) is 11.9 Å². The van der Waals surface area contributed by atoms with Crippen LogP contribution >= 0.6 is 11.6 Å². The average Bonchev–Trinajstić information content (AvgIpc) is 3.02. The predicted molar refractivity (Wildman–Crippen MR) is 101 cm³/mol. The summed E-state index contributed by atoms with van der Waals surface area (Å²) in [5, 5.41) is 17.8. The Morgan fingerprint density at radius 1 is 1.27 bits per heavy atom. The molecule has 0 saturated carbocycles. The number of amides is 1. The molecule has 2 N–H and O–H groups in total. The third-order valence-corrected chi connectivity index (χ3v) is 4.86. The second kappa shape index (κ2) is 6.57. The van der Waals surface area contributed by atoms with Gasteiger partial charge >= 0.3 is 6.09 Å². The largest absolute Gasteiger partial charge is 0.464 e. The Hall–Kier alpha value is -2.67. The zero-order valence-electron chi connectivity index (χ0n) is 14.8. The van der Waals surface area contributed by atoms with Gasteiger partial charge in [-0.25, -0.2) is 14.8 Å². The molecule has 1 aromatic carbocycles. The van der Waals surface area contributed by atoms with Crippen molar-refractivity contribution in [1.82, 2.24) is 15.0 Å². The molecule has 1 amide bonds. The Kier molecular flexibility index (Phi) is 4.58. The lowest BCUT2D eigenvalue weighted by atomic mass is 9.63. The van der Waals surface area contributed by atoms with E-state index in [-0.39, 0.29) is 10.7 Å². The summed E-state index contributed by atoms with van der Waals surface area (Å²) in [7, 11) is 0. The minimum atomic E-state index is -1.05. The molecule has 0 spiro atoms. The summed E-state index contributed by atoms with van der Waals surface area (Å²) in [5.41, 5.74) is 1.14. The van der Waals surface area contributed by atoms with Gasteiger partial charge in [0.2, 0.25) is 5.28 Å². The number of hydrogen-bond acceptors (Lipinski definition) is 5. The molecule has 0 bridgehead atoms. The van der Waals surface area contributed by atoms with Gasteiger partial charge in [0.25, 0.3) is 0 Å². The number of carbonyl (C=O) groups is 1. The Bertz CT molecular complexity index is 847. The highest BCUT2D eigenvalue weighted by molar-refractivity contribution is 6.28. The first-order chi connectivity index (χ1) is 12.2. The van der Waals surface area contributed by atoms with E-state index in [1.54, 1.807) is 18.5 Å². The first-order valence-corrected chi connectivity index (χ1v) is 8.51. The van der Waals surface area contributed by atoms with Gasteiger partial charge in [0.05, 0.1) is 12.0 Å². The molecule has 0 saturated heterocycles. The molecule has 0 fully saturated rings. The smallest absolute Gasteiger partial charge is 0.427 e. The monoisotopic (exact) mass is 373 g/mol. The quantitative estimate of drug-likeness (QED) is 0.789. The van der Waals surface area contributed by atoms with Crippen molar-refractivity contribution in [2.24, 2.45) is 10.5 Å². The highest BCUT2D eigenvalue weighted by atomic mass is 35.5. The van der Waals surface area contributed by atoms with E-state index in [4.69, 9.17) is 11.6 Å². The van der Waals surface area contributed by atoms with Gasteiger partial charge in [0.1, 0.15) is 5.82 Å². The Balaban J connectivity index is 1.88. The van der Waals surface area contributed by atoms with Gasteiger partial charge in [0.15, 0.2) is 0 Å². The maximum absolute atomic E-state index is 11.3. The van der Waals surface area contributed by atoms with E-state index in [0.29, 0.717) is 12.4 Å². The lowest BCUT2D eigenvalue weighted by Crippen LogP contribution is -2.46. The number of hydrazone groups is 1. The number of rotatable bonds is 3. The molecule has 1 aromatic heterocycles. The van der Waals surface area contributed by atoms with Crippen LogP contribution in [0.1, 0.15) is 26.3 Å². The predicted octanol–water partition coefficient (Wildman–Crippen LogP) is 4.14. The third-order valence-electron chi connectivity index (χ3n) is 4.67. The number of anilines is 2.